The number of hydrogen-bond acceptors (Lipinski definition) is 3. The Morgan fingerprint density at radius 3 is 3.00 bits per heavy atom. The third kappa shape index (κ3) is 2.62. The number of hydrogen-bond donors (Lipinski definition) is 1. The highest BCUT2D eigenvalue weighted by atomic mass is 35.5. The first kappa shape index (κ1) is 12.0. The highest BCUT2D eigenvalue weighted by molar-refractivity contribution is 7.03. The highest BCUT2D eigenvalue weighted by Crippen LogP contribution is 2.22. The van der Waals surface area contributed by atoms with Crippen LogP contribution in [0, 0.1) is 5.82 Å². The lowest BCUT2D eigenvalue weighted by Crippen LogP contribution is -2.01. The summed E-state index contributed by atoms with van der Waals surface area (Å²) in [5.41, 5.74) is 1.06. The number of aromatic nitrogens is 1. The average molecular weight is 272 g/mol. The van der Waals surface area contributed by atoms with Crippen molar-refractivity contribution in [1.29, 1.82) is 0 Å². The normalized spacial score (nSPS) is 10.5. The molecule has 2 rings (SSSR count). The molecule has 1 aromatic heterocycles. The molecule has 17 heavy (non-hydrogen) atoms. The van der Waals surface area contributed by atoms with Gasteiger partial charge in [0.1, 0.15) is 5.82 Å². The Kier molecular flexibility index (Phi) is 3.40. The van der Waals surface area contributed by atoms with Gasteiger partial charge in [0.15, 0.2) is 0 Å². The van der Waals surface area contributed by atoms with Crippen LogP contribution in [0.15, 0.2) is 23.6 Å². The first-order valence-electron chi connectivity index (χ1n) is 4.68. The molecule has 0 amide bonds. The summed E-state index contributed by atoms with van der Waals surface area (Å²) >= 11 is 6.96. The molecule has 0 saturated heterocycles. The van der Waals surface area contributed by atoms with E-state index >= 15 is 0 Å². The summed E-state index contributed by atoms with van der Waals surface area (Å²) < 4.78 is 17.0. The zero-order valence-electron chi connectivity index (χ0n) is 8.48. The van der Waals surface area contributed by atoms with Gasteiger partial charge >= 0.3 is 5.97 Å². The maximum Gasteiger partial charge on any atom is 0.338 e. The molecule has 88 valence electrons. The predicted molar refractivity (Wildman–Crippen MR) is 63.3 cm³/mol. The minimum Gasteiger partial charge on any atom is -0.478 e. The van der Waals surface area contributed by atoms with Gasteiger partial charge < -0.3 is 5.11 Å². The van der Waals surface area contributed by atoms with Crippen LogP contribution in [0.3, 0.4) is 0 Å². The van der Waals surface area contributed by atoms with E-state index in [1.54, 1.807) is 0 Å². The standard InChI is InChI=1S/C11H7ClFNO2S/c12-9-2-1-7(13)3-6(9)4-10-8(11(15)16)5-17-14-10/h1-3,5H,4H2,(H,15,16). The van der Waals surface area contributed by atoms with Gasteiger partial charge in [-0.15, -0.1) is 0 Å². The number of carboxylic acids is 1. The van der Waals surface area contributed by atoms with Crippen LogP contribution >= 0.6 is 23.1 Å². The fourth-order valence-electron chi connectivity index (χ4n) is 1.42. The average Bonchev–Trinajstić information content (AvgIpc) is 2.71. The third-order valence-electron chi connectivity index (χ3n) is 2.24. The SMILES string of the molecule is O=C(O)c1csnc1Cc1cc(F)ccc1Cl. The molecule has 0 aliphatic carbocycles. The largest absolute Gasteiger partial charge is 0.478 e. The zero-order chi connectivity index (χ0) is 12.4. The van der Waals surface area contributed by atoms with Crippen LogP contribution in [0.2, 0.25) is 5.02 Å². The lowest BCUT2D eigenvalue weighted by atomic mass is 10.1. The van der Waals surface area contributed by atoms with Crippen LogP contribution < -0.4 is 0 Å². The Balaban J connectivity index is 2.34. The zero-order valence-corrected chi connectivity index (χ0v) is 10.1. The van der Waals surface area contributed by atoms with Crippen LogP contribution in [0.5, 0.6) is 0 Å². The van der Waals surface area contributed by atoms with Crippen molar-refractivity contribution >= 4 is 29.1 Å². The van der Waals surface area contributed by atoms with Crippen molar-refractivity contribution in [2.45, 2.75) is 6.42 Å². The fourth-order valence-corrected chi connectivity index (χ4v) is 2.29. The third-order valence-corrected chi connectivity index (χ3v) is 3.28. The van der Waals surface area contributed by atoms with Crippen molar-refractivity contribution in [3.05, 3.63) is 51.2 Å². The topological polar surface area (TPSA) is 50.2 Å². The van der Waals surface area contributed by atoms with Gasteiger partial charge in [-0.25, -0.2) is 9.18 Å². The van der Waals surface area contributed by atoms with E-state index in [1.807, 2.05) is 0 Å². The van der Waals surface area contributed by atoms with Crippen molar-refractivity contribution < 1.29 is 14.3 Å². The lowest BCUT2D eigenvalue weighted by molar-refractivity contribution is 0.0696. The second kappa shape index (κ2) is 4.81. The van der Waals surface area contributed by atoms with Crippen LogP contribution in [0.4, 0.5) is 4.39 Å². The van der Waals surface area contributed by atoms with E-state index in [9.17, 15) is 9.18 Å². The Morgan fingerprint density at radius 2 is 2.29 bits per heavy atom. The monoisotopic (exact) mass is 271 g/mol. The Hall–Kier alpha value is -1.46. The number of halogens is 2. The van der Waals surface area contributed by atoms with Gasteiger partial charge in [0.05, 0.1) is 11.3 Å². The van der Waals surface area contributed by atoms with Crippen molar-refractivity contribution in [3.8, 4) is 0 Å². The number of benzene rings is 1. The van der Waals surface area contributed by atoms with Gasteiger partial charge in [0, 0.05) is 16.8 Å². The molecule has 0 unspecified atom stereocenters. The maximum absolute atomic E-state index is 13.0. The second-order valence-electron chi connectivity index (χ2n) is 3.39. The molecule has 0 spiro atoms. The molecule has 0 fully saturated rings. The van der Waals surface area contributed by atoms with Crippen LogP contribution in [-0.4, -0.2) is 15.4 Å². The molecule has 6 heteroatoms. The van der Waals surface area contributed by atoms with Crippen LogP contribution in [0.1, 0.15) is 21.6 Å². The Bertz CT molecular complexity index is 570. The molecule has 1 heterocycles. The maximum atomic E-state index is 13.0. The van der Waals surface area contributed by atoms with Gasteiger partial charge in [-0.2, -0.15) is 4.37 Å². The van der Waals surface area contributed by atoms with E-state index in [0.717, 1.165) is 11.5 Å². The Labute approximate surface area is 106 Å². The van der Waals surface area contributed by atoms with E-state index in [0.29, 0.717) is 16.3 Å². The first-order valence-corrected chi connectivity index (χ1v) is 5.90. The molecule has 0 aliphatic rings. The highest BCUT2D eigenvalue weighted by Gasteiger charge is 2.14. The lowest BCUT2D eigenvalue weighted by Gasteiger charge is -2.03. The van der Waals surface area contributed by atoms with E-state index < -0.39 is 11.8 Å². The quantitative estimate of drug-likeness (QED) is 0.932. The summed E-state index contributed by atoms with van der Waals surface area (Å²) in [6, 6.07) is 3.98. The number of rotatable bonds is 3. The molecule has 1 N–H and O–H groups in total. The fraction of sp³-hybridized carbons (Fsp3) is 0.0909. The van der Waals surface area contributed by atoms with E-state index in [2.05, 4.69) is 4.37 Å². The molecular formula is C11H7ClFNO2S. The van der Waals surface area contributed by atoms with Gasteiger partial charge in [-0.3, -0.25) is 0 Å². The molecule has 3 nitrogen and oxygen atoms in total. The summed E-state index contributed by atoms with van der Waals surface area (Å²) in [5, 5.41) is 10.8. The summed E-state index contributed by atoms with van der Waals surface area (Å²) in [5.74, 6) is -1.45. The molecule has 0 bridgehead atoms. The van der Waals surface area contributed by atoms with Crippen LogP contribution in [-0.2, 0) is 6.42 Å². The van der Waals surface area contributed by atoms with Gasteiger partial charge in [0.2, 0.25) is 0 Å². The van der Waals surface area contributed by atoms with Crippen molar-refractivity contribution in [2.24, 2.45) is 0 Å². The van der Waals surface area contributed by atoms with Crippen molar-refractivity contribution in [2.75, 3.05) is 0 Å². The van der Waals surface area contributed by atoms with E-state index in [4.69, 9.17) is 16.7 Å². The summed E-state index contributed by atoms with van der Waals surface area (Å²) in [6.45, 7) is 0. The summed E-state index contributed by atoms with van der Waals surface area (Å²) in [6.07, 6.45) is 0.210. The van der Waals surface area contributed by atoms with Crippen LogP contribution in [0.25, 0.3) is 0 Å². The number of carboxylic acid groups (broad SMARTS) is 1. The second-order valence-corrected chi connectivity index (χ2v) is 4.43. The minimum absolute atomic E-state index is 0.135. The summed E-state index contributed by atoms with van der Waals surface area (Å²) in [4.78, 5) is 10.9. The predicted octanol–water partition coefficient (Wildman–Crippen LogP) is 3.22. The molecule has 0 atom stereocenters. The summed E-state index contributed by atoms with van der Waals surface area (Å²) in [7, 11) is 0. The minimum atomic E-state index is -1.04. The van der Waals surface area contributed by atoms with Crippen molar-refractivity contribution in [1.82, 2.24) is 4.37 Å². The van der Waals surface area contributed by atoms with Gasteiger partial charge in [-0.05, 0) is 35.3 Å². The Morgan fingerprint density at radius 1 is 1.53 bits per heavy atom. The van der Waals surface area contributed by atoms with E-state index in [-0.39, 0.29) is 12.0 Å². The molecule has 2 aromatic rings. The molecule has 0 saturated carbocycles. The number of carbonyl (C=O) groups is 1. The molecule has 1 aromatic carbocycles. The molecular weight excluding hydrogens is 265 g/mol. The van der Waals surface area contributed by atoms with Gasteiger partial charge in [0.25, 0.3) is 0 Å². The van der Waals surface area contributed by atoms with Crippen molar-refractivity contribution in [3.63, 3.8) is 0 Å². The molecule has 0 aliphatic heterocycles. The number of aromatic carboxylic acids is 1. The molecule has 0 radical (unpaired) electrons. The van der Waals surface area contributed by atoms with E-state index in [1.165, 1.54) is 23.6 Å². The number of nitrogens with zero attached hydrogens (tertiary/aromatic N) is 1. The first-order chi connectivity index (χ1) is 8.08. The smallest absolute Gasteiger partial charge is 0.338 e. The van der Waals surface area contributed by atoms with Gasteiger partial charge in [-0.1, -0.05) is 11.6 Å².